The molecule has 0 atom stereocenters. The highest BCUT2D eigenvalue weighted by Gasteiger charge is 2.49. The van der Waals surface area contributed by atoms with E-state index >= 15 is 0 Å². The average Bonchev–Trinajstić information content (AvgIpc) is 2.64. The Morgan fingerprint density at radius 2 is 2.06 bits per heavy atom. The minimum absolute atomic E-state index is 0.0420. The van der Waals surface area contributed by atoms with Crippen LogP contribution in [0.2, 0.25) is 0 Å². The van der Waals surface area contributed by atoms with Crippen molar-refractivity contribution in [3.05, 3.63) is 18.5 Å². The van der Waals surface area contributed by atoms with E-state index in [2.05, 4.69) is 19.4 Å². The molecule has 0 aliphatic carbocycles. The maximum Gasteiger partial charge on any atom is 0.534 e. The van der Waals surface area contributed by atoms with Crippen LogP contribution in [0.25, 0.3) is 10.9 Å². The van der Waals surface area contributed by atoms with Crippen LogP contribution in [-0.4, -0.2) is 29.1 Å². The predicted octanol–water partition coefficient (Wildman–Crippen LogP) is 1.19. The van der Waals surface area contributed by atoms with Crippen molar-refractivity contribution in [1.82, 2.24) is 15.2 Å². The summed E-state index contributed by atoms with van der Waals surface area (Å²) in [6.45, 7) is 0. The smallest absolute Gasteiger partial charge is 0.354 e. The van der Waals surface area contributed by atoms with Gasteiger partial charge in [0.2, 0.25) is 5.88 Å². The molecule has 0 saturated carbocycles. The fourth-order valence-corrected chi connectivity index (χ4v) is 1.50. The highest BCUT2D eigenvalue weighted by atomic mass is 32.2. The van der Waals surface area contributed by atoms with Crippen molar-refractivity contribution >= 4 is 21.0 Å². The van der Waals surface area contributed by atoms with Crippen molar-refractivity contribution in [2.45, 2.75) is 5.51 Å². The van der Waals surface area contributed by atoms with Crippen LogP contribution in [0.15, 0.2) is 18.5 Å². The van der Waals surface area contributed by atoms with Crippen molar-refractivity contribution < 1.29 is 25.8 Å². The molecule has 10 heteroatoms. The Morgan fingerprint density at radius 1 is 1.35 bits per heavy atom. The third kappa shape index (κ3) is 2.02. The number of H-pyrrole nitrogens is 1. The SMILES string of the molecule is O=S(=O)(Oc1nccc2[nH]ncc12)C(F)(F)F. The number of hydrogen-bond donors (Lipinski definition) is 1. The Balaban J connectivity index is 2.47. The second-order valence-electron chi connectivity index (χ2n) is 2.93. The molecule has 1 N–H and O–H groups in total. The number of rotatable bonds is 2. The second-order valence-corrected chi connectivity index (χ2v) is 4.47. The predicted molar refractivity (Wildman–Crippen MR) is 49.5 cm³/mol. The molecule has 0 saturated heterocycles. The standard InChI is InChI=1S/C7H4F3N3O3S/c8-7(9,10)17(14,15)16-6-4-3-12-13-5(4)1-2-11-6/h1-3H,(H,12,13). The van der Waals surface area contributed by atoms with E-state index in [1.807, 2.05) is 0 Å². The van der Waals surface area contributed by atoms with Gasteiger partial charge in [0.25, 0.3) is 0 Å². The summed E-state index contributed by atoms with van der Waals surface area (Å²) >= 11 is 0. The van der Waals surface area contributed by atoms with Crippen LogP contribution < -0.4 is 4.18 Å². The lowest BCUT2D eigenvalue weighted by Gasteiger charge is -2.08. The van der Waals surface area contributed by atoms with Crippen LogP contribution >= 0.6 is 0 Å². The fourth-order valence-electron chi connectivity index (χ4n) is 1.06. The van der Waals surface area contributed by atoms with Crippen molar-refractivity contribution in [2.75, 3.05) is 0 Å². The van der Waals surface area contributed by atoms with Crippen LogP contribution in [0.1, 0.15) is 0 Å². The van der Waals surface area contributed by atoms with Gasteiger partial charge in [-0.1, -0.05) is 0 Å². The molecule has 6 nitrogen and oxygen atoms in total. The van der Waals surface area contributed by atoms with E-state index in [4.69, 9.17) is 0 Å². The summed E-state index contributed by atoms with van der Waals surface area (Å²) in [5.74, 6) is -0.673. The van der Waals surface area contributed by atoms with Crippen molar-refractivity contribution in [1.29, 1.82) is 0 Å². The number of pyridine rings is 1. The number of hydrogen-bond acceptors (Lipinski definition) is 5. The van der Waals surface area contributed by atoms with E-state index in [1.54, 1.807) is 0 Å². The van der Waals surface area contributed by atoms with Gasteiger partial charge in [-0.05, 0) is 6.07 Å². The molecule has 2 aromatic rings. The summed E-state index contributed by atoms with van der Waals surface area (Å²) < 4.78 is 61.7. The quantitative estimate of drug-likeness (QED) is 0.652. The maximum atomic E-state index is 12.1. The van der Waals surface area contributed by atoms with Gasteiger partial charge in [-0.2, -0.15) is 26.7 Å². The number of nitrogens with zero attached hydrogens (tertiary/aromatic N) is 2. The van der Waals surface area contributed by atoms with Crippen LogP contribution in [0.5, 0.6) is 5.88 Å². The van der Waals surface area contributed by atoms with E-state index in [9.17, 15) is 21.6 Å². The topological polar surface area (TPSA) is 84.9 Å². The fraction of sp³-hybridized carbons (Fsp3) is 0.143. The van der Waals surface area contributed by atoms with Gasteiger partial charge in [-0.15, -0.1) is 0 Å². The summed E-state index contributed by atoms with van der Waals surface area (Å²) in [5, 5.41) is 6.01. The summed E-state index contributed by atoms with van der Waals surface area (Å²) in [7, 11) is -5.72. The number of aromatic amines is 1. The Bertz CT molecular complexity index is 649. The number of alkyl halides is 3. The van der Waals surface area contributed by atoms with Crippen molar-refractivity contribution in [2.24, 2.45) is 0 Å². The van der Waals surface area contributed by atoms with Crippen molar-refractivity contribution in [3.8, 4) is 5.88 Å². The zero-order chi connectivity index (χ0) is 12.7. The number of halogens is 3. The van der Waals surface area contributed by atoms with E-state index < -0.39 is 21.5 Å². The Morgan fingerprint density at radius 3 is 2.71 bits per heavy atom. The van der Waals surface area contributed by atoms with Gasteiger partial charge in [0.05, 0.1) is 17.1 Å². The minimum Gasteiger partial charge on any atom is -0.354 e. The molecule has 92 valence electrons. The summed E-state index contributed by atoms with van der Waals surface area (Å²) in [6, 6.07) is 1.41. The maximum absolute atomic E-state index is 12.1. The van der Waals surface area contributed by atoms with Crippen molar-refractivity contribution in [3.63, 3.8) is 0 Å². The van der Waals surface area contributed by atoms with Gasteiger partial charge in [-0.3, -0.25) is 5.10 Å². The molecule has 0 amide bonds. The molecule has 0 aromatic carbocycles. The zero-order valence-corrected chi connectivity index (χ0v) is 8.71. The average molecular weight is 267 g/mol. The largest absolute Gasteiger partial charge is 0.534 e. The summed E-state index contributed by atoms with van der Waals surface area (Å²) in [4.78, 5) is 3.42. The second kappa shape index (κ2) is 3.58. The zero-order valence-electron chi connectivity index (χ0n) is 7.89. The number of aromatic nitrogens is 3. The molecule has 0 spiro atoms. The molecule has 2 heterocycles. The van der Waals surface area contributed by atoms with Gasteiger partial charge < -0.3 is 4.18 Å². The third-order valence-electron chi connectivity index (χ3n) is 1.80. The lowest BCUT2D eigenvalue weighted by molar-refractivity contribution is -0.0500. The molecule has 0 aliphatic rings. The van der Waals surface area contributed by atoms with E-state index in [-0.39, 0.29) is 5.39 Å². The molecule has 2 aromatic heterocycles. The van der Waals surface area contributed by atoms with Gasteiger partial charge in [0.1, 0.15) is 0 Å². The molecule has 0 radical (unpaired) electrons. The molecular weight excluding hydrogens is 263 g/mol. The highest BCUT2D eigenvalue weighted by Crippen LogP contribution is 2.29. The molecular formula is C7H4F3N3O3S. The molecule has 0 aliphatic heterocycles. The lowest BCUT2D eigenvalue weighted by atomic mass is 10.3. The normalized spacial score (nSPS) is 12.9. The lowest BCUT2D eigenvalue weighted by Crippen LogP contribution is -2.28. The number of fused-ring (bicyclic) bond motifs is 1. The summed E-state index contributed by atoms with van der Waals surface area (Å²) in [6.07, 6.45) is 2.21. The van der Waals surface area contributed by atoms with Gasteiger partial charge >= 0.3 is 15.6 Å². The first-order valence-corrected chi connectivity index (χ1v) is 5.51. The van der Waals surface area contributed by atoms with E-state index in [0.29, 0.717) is 5.52 Å². The van der Waals surface area contributed by atoms with Crippen LogP contribution in [-0.2, 0) is 10.1 Å². The first-order chi connectivity index (χ1) is 7.81. The number of nitrogens with one attached hydrogen (secondary N) is 1. The van der Waals surface area contributed by atoms with Gasteiger partial charge in [0.15, 0.2) is 0 Å². The molecule has 0 bridgehead atoms. The highest BCUT2D eigenvalue weighted by molar-refractivity contribution is 7.88. The molecule has 17 heavy (non-hydrogen) atoms. The Kier molecular flexibility index (Phi) is 2.45. The van der Waals surface area contributed by atoms with Crippen LogP contribution in [0.3, 0.4) is 0 Å². The molecule has 0 unspecified atom stereocenters. The Labute approximate surface area is 92.5 Å². The van der Waals surface area contributed by atoms with Crippen LogP contribution in [0, 0.1) is 0 Å². The van der Waals surface area contributed by atoms with Gasteiger partial charge in [0, 0.05) is 6.20 Å². The first-order valence-electron chi connectivity index (χ1n) is 4.10. The monoisotopic (exact) mass is 267 g/mol. The third-order valence-corrected chi connectivity index (χ3v) is 2.75. The molecule has 2 rings (SSSR count). The Hall–Kier alpha value is -1.84. The van der Waals surface area contributed by atoms with Crippen LogP contribution in [0.4, 0.5) is 13.2 Å². The van der Waals surface area contributed by atoms with E-state index in [0.717, 1.165) is 12.4 Å². The summed E-state index contributed by atoms with van der Waals surface area (Å²) in [5.41, 5.74) is -5.19. The van der Waals surface area contributed by atoms with E-state index in [1.165, 1.54) is 6.07 Å². The minimum atomic E-state index is -5.72. The first kappa shape index (κ1) is 11.6. The van der Waals surface area contributed by atoms with Gasteiger partial charge in [-0.25, -0.2) is 4.98 Å². The molecule has 0 fully saturated rings.